The van der Waals surface area contributed by atoms with E-state index >= 15 is 0 Å². The molecule has 1 N–H and O–H groups in total. The normalized spacial score (nSPS) is 28.3. The highest BCUT2D eigenvalue weighted by molar-refractivity contribution is 5.78. The molecule has 164 valence electrons. The van der Waals surface area contributed by atoms with Crippen LogP contribution >= 0.6 is 0 Å². The number of aromatic nitrogens is 1. The number of likely N-dealkylation sites (tertiary alicyclic amines) is 1. The van der Waals surface area contributed by atoms with Gasteiger partial charge in [0.25, 0.3) is 0 Å². The van der Waals surface area contributed by atoms with Gasteiger partial charge in [-0.15, -0.1) is 0 Å². The molecule has 6 nitrogen and oxygen atoms in total. The Bertz CT molecular complexity index is 983. The lowest BCUT2D eigenvalue weighted by Gasteiger charge is -2.57. The van der Waals surface area contributed by atoms with Crippen LogP contribution in [0.1, 0.15) is 36.8 Å². The summed E-state index contributed by atoms with van der Waals surface area (Å²) in [4.78, 5) is 32.1. The Morgan fingerprint density at radius 3 is 2.77 bits per heavy atom. The number of rotatable bonds is 5. The van der Waals surface area contributed by atoms with Gasteiger partial charge >= 0.3 is 0 Å². The summed E-state index contributed by atoms with van der Waals surface area (Å²) in [5.74, 6) is 2.21. The number of aromatic amines is 1. The van der Waals surface area contributed by atoms with E-state index in [1.54, 1.807) is 13.2 Å². The summed E-state index contributed by atoms with van der Waals surface area (Å²) in [6.07, 6.45) is 6.72. The summed E-state index contributed by atoms with van der Waals surface area (Å²) >= 11 is 0. The quantitative estimate of drug-likeness (QED) is 0.806. The highest BCUT2D eigenvalue weighted by Crippen LogP contribution is 2.43. The Hall–Kier alpha value is -2.60. The van der Waals surface area contributed by atoms with E-state index in [2.05, 4.69) is 26.9 Å². The number of carbonyl (C=O) groups is 1. The molecular weight excluding hydrogens is 390 g/mol. The number of nitrogens with one attached hydrogen (secondary N) is 1. The number of fused-ring (bicyclic) bond motifs is 4. The van der Waals surface area contributed by atoms with Gasteiger partial charge in [0.15, 0.2) is 0 Å². The lowest BCUT2D eigenvalue weighted by molar-refractivity contribution is -0.152. The van der Waals surface area contributed by atoms with Crippen LogP contribution in [0.4, 0.5) is 0 Å². The third kappa shape index (κ3) is 4.13. The third-order valence-electron chi connectivity index (χ3n) is 7.41. The van der Waals surface area contributed by atoms with Gasteiger partial charge in [-0.25, -0.2) is 0 Å². The van der Waals surface area contributed by atoms with Crippen molar-refractivity contribution in [1.29, 1.82) is 0 Å². The van der Waals surface area contributed by atoms with Crippen molar-refractivity contribution in [2.24, 2.45) is 11.8 Å². The molecule has 3 saturated heterocycles. The summed E-state index contributed by atoms with van der Waals surface area (Å²) in [6.45, 7) is 2.85. The number of benzene rings is 1. The molecule has 6 heteroatoms. The Kier molecular flexibility index (Phi) is 5.57. The van der Waals surface area contributed by atoms with Gasteiger partial charge in [-0.05, 0) is 60.8 Å². The van der Waals surface area contributed by atoms with E-state index in [1.165, 1.54) is 12.0 Å². The second-order valence-corrected chi connectivity index (χ2v) is 9.39. The molecule has 3 aliphatic heterocycles. The third-order valence-corrected chi connectivity index (χ3v) is 7.41. The zero-order valence-corrected chi connectivity index (χ0v) is 18.1. The van der Waals surface area contributed by atoms with Gasteiger partial charge in [-0.1, -0.05) is 18.2 Å². The number of pyridine rings is 1. The maximum absolute atomic E-state index is 13.0. The standard InChI is InChI=1S/C25H31N3O3/c1-31-21-5-2-4-17(10-21)11-23-20-12-19(22-6-3-7-25(30)28(22)23)15-27(16-20)14-18-8-9-24(29)26-13-18/h2,4-5,8-10,13,19-20,22-23H,3,6-7,11-12,14-16H2,1H3,(H,26,29)/t19-,20+,22+,23+/m1/s1. The van der Waals surface area contributed by atoms with Crippen molar-refractivity contribution in [3.05, 3.63) is 64.1 Å². The smallest absolute Gasteiger partial charge is 0.247 e. The van der Waals surface area contributed by atoms with Crippen LogP contribution in [0.15, 0.2) is 47.4 Å². The Labute approximate surface area is 183 Å². The molecule has 0 aliphatic carbocycles. The minimum Gasteiger partial charge on any atom is -0.497 e. The molecule has 4 heterocycles. The fourth-order valence-corrected chi connectivity index (χ4v) is 6.10. The predicted molar refractivity (Wildman–Crippen MR) is 119 cm³/mol. The van der Waals surface area contributed by atoms with Gasteiger partial charge in [0.1, 0.15) is 5.75 Å². The van der Waals surface area contributed by atoms with Crippen molar-refractivity contribution < 1.29 is 9.53 Å². The molecule has 0 radical (unpaired) electrons. The van der Waals surface area contributed by atoms with E-state index < -0.39 is 0 Å². The van der Waals surface area contributed by atoms with E-state index in [-0.39, 0.29) is 11.6 Å². The van der Waals surface area contributed by atoms with Gasteiger partial charge in [0, 0.05) is 50.4 Å². The molecule has 0 spiro atoms. The van der Waals surface area contributed by atoms with E-state index in [1.807, 2.05) is 24.4 Å². The molecule has 0 unspecified atom stereocenters. The number of nitrogens with zero attached hydrogens (tertiary/aromatic N) is 2. The highest BCUT2D eigenvalue weighted by atomic mass is 16.5. The van der Waals surface area contributed by atoms with E-state index in [0.717, 1.165) is 50.2 Å². The molecule has 2 bridgehead atoms. The zero-order chi connectivity index (χ0) is 21.4. The minimum absolute atomic E-state index is 0.0611. The van der Waals surface area contributed by atoms with Gasteiger partial charge in [-0.2, -0.15) is 0 Å². The van der Waals surface area contributed by atoms with Crippen molar-refractivity contribution in [2.45, 2.75) is 50.7 Å². The van der Waals surface area contributed by atoms with E-state index in [4.69, 9.17) is 4.74 Å². The summed E-state index contributed by atoms with van der Waals surface area (Å²) in [5, 5.41) is 0. The lowest BCUT2D eigenvalue weighted by Crippen LogP contribution is -2.65. The van der Waals surface area contributed by atoms with Crippen molar-refractivity contribution in [3.63, 3.8) is 0 Å². The number of amides is 1. The summed E-state index contributed by atoms with van der Waals surface area (Å²) < 4.78 is 5.43. The number of H-pyrrole nitrogens is 1. The average molecular weight is 422 g/mol. The second kappa shape index (κ2) is 8.50. The number of ether oxygens (including phenoxy) is 1. The lowest BCUT2D eigenvalue weighted by atomic mass is 9.70. The summed E-state index contributed by atoms with van der Waals surface area (Å²) in [5.41, 5.74) is 2.31. The number of piperidine rings is 3. The SMILES string of the molecule is COc1cccc(C[C@H]2[C@H]3C[C@H](CN(Cc4ccc(=O)[nH]c4)C3)[C@@H]3CCCC(=O)N32)c1. The maximum atomic E-state index is 13.0. The first-order valence-electron chi connectivity index (χ1n) is 11.4. The maximum Gasteiger partial charge on any atom is 0.247 e. The summed E-state index contributed by atoms with van der Waals surface area (Å²) in [7, 11) is 1.70. The monoisotopic (exact) mass is 421 g/mol. The van der Waals surface area contributed by atoms with Gasteiger partial charge in [-0.3, -0.25) is 14.5 Å². The fourth-order valence-electron chi connectivity index (χ4n) is 6.10. The number of methoxy groups -OCH3 is 1. The fraction of sp³-hybridized carbons (Fsp3) is 0.520. The first-order chi connectivity index (χ1) is 15.1. The van der Waals surface area contributed by atoms with Crippen molar-refractivity contribution >= 4 is 5.91 Å². The topological polar surface area (TPSA) is 65.6 Å². The summed E-state index contributed by atoms with van der Waals surface area (Å²) in [6, 6.07) is 12.4. The van der Waals surface area contributed by atoms with Crippen molar-refractivity contribution in [3.8, 4) is 5.75 Å². The average Bonchev–Trinajstić information content (AvgIpc) is 2.78. The molecule has 1 amide bonds. The van der Waals surface area contributed by atoms with Crippen molar-refractivity contribution in [1.82, 2.24) is 14.8 Å². The van der Waals surface area contributed by atoms with Crippen LogP contribution in [0.25, 0.3) is 0 Å². The van der Waals surface area contributed by atoms with Crippen LogP contribution in [-0.4, -0.2) is 53.0 Å². The highest BCUT2D eigenvalue weighted by Gasteiger charge is 2.49. The number of hydrogen-bond donors (Lipinski definition) is 1. The van der Waals surface area contributed by atoms with Crippen LogP contribution in [0.5, 0.6) is 5.75 Å². The van der Waals surface area contributed by atoms with Crippen LogP contribution in [-0.2, 0) is 17.8 Å². The number of hydrogen-bond acceptors (Lipinski definition) is 4. The minimum atomic E-state index is -0.0611. The zero-order valence-electron chi connectivity index (χ0n) is 18.1. The molecule has 5 rings (SSSR count). The largest absolute Gasteiger partial charge is 0.497 e. The first-order valence-corrected chi connectivity index (χ1v) is 11.4. The molecular formula is C25H31N3O3. The van der Waals surface area contributed by atoms with Crippen LogP contribution in [0, 0.1) is 11.8 Å². The second-order valence-electron chi connectivity index (χ2n) is 9.39. The van der Waals surface area contributed by atoms with E-state index in [9.17, 15) is 9.59 Å². The molecule has 4 atom stereocenters. The van der Waals surface area contributed by atoms with Crippen LogP contribution in [0.3, 0.4) is 0 Å². The van der Waals surface area contributed by atoms with Crippen LogP contribution in [0.2, 0.25) is 0 Å². The number of carbonyl (C=O) groups excluding carboxylic acids is 1. The Morgan fingerprint density at radius 2 is 1.97 bits per heavy atom. The molecule has 0 saturated carbocycles. The van der Waals surface area contributed by atoms with E-state index in [0.29, 0.717) is 30.2 Å². The predicted octanol–water partition coefficient (Wildman–Crippen LogP) is 2.83. The van der Waals surface area contributed by atoms with Crippen LogP contribution < -0.4 is 10.3 Å². The van der Waals surface area contributed by atoms with Gasteiger partial charge < -0.3 is 14.6 Å². The van der Waals surface area contributed by atoms with Gasteiger partial charge in [0.2, 0.25) is 11.5 Å². The molecule has 3 aliphatic rings. The molecule has 31 heavy (non-hydrogen) atoms. The Balaban J connectivity index is 1.40. The molecule has 1 aromatic heterocycles. The van der Waals surface area contributed by atoms with Crippen molar-refractivity contribution in [2.75, 3.05) is 20.2 Å². The first kappa shape index (κ1) is 20.3. The molecule has 3 fully saturated rings. The molecule has 2 aromatic rings. The van der Waals surface area contributed by atoms with Gasteiger partial charge in [0.05, 0.1) is 7.11 Å². The Morgan fingerprint density at radius 1 is 1.10 bits per heavy atom. The molecule has 1 aromatic carbocycles.